The van der Waals surface area contributed by atoms with E-state index in [2.05, 4.69) is 0 Å². The van der Waals surface area contributed by atoms with Crippen LogP contribution in [0.1, 0.15) is 34.6 Å². The lowest BCUT2D eigenvalue weighted by atomic mass is 10.6. The molecule has 0 aliphatic rings. The van der Waals surface area contributed by atoms with Crippen molar-refractivity contribution < 1.29 is 19.5 Å². The summed E-state index contributed by atoms with van der Waals surface area (Å²) in [5, 5.41) is 7.42. The van der Waals surface area contributed by atoms with Gasteiger partial charge in [-0.25, -0.2) is 0 Å². The van der Waals surface area contributed by atoms with Crippen molar-refractivity contribution in [3.63, 3.8) is 0 Å². The van der Waals surface area contributed by atoms with Gasteiger partial charge in [0.05, 0.1) is 0 Å². The summed E-state index contributed by atoms with van der Waals surface area (Å²) in [6.07, 6.45) is 0. The third-order valence-corrected chi connectivity index (χ3v) is 0. The van der Waals surface area contributed by atoms with Crippen molar-refractivity contribution in [3.05, 3.63) is 0 Å². The maximum absolute atomic E-state index is 9.44. The fourth-order valence-corrected chi connectivity index (χ4v) is 0. The molecule has 4 heteroatoms. The largest absolute Gasteiger partial charge is 0.481 e. The molecular formula is C8H16O4. The molecular weight excluding hydrogens is 160 g/mol. The van der Waals surface area contributed by atoms with E-state index in [-0.39, 0.29) is 11.6 Å². The van der Waals surface area contributed by atoms with Crippen LogP contribution in [-0.2, 0) is 14.4 Å². The quantitative estimate of drug-likeness (QED) is 0.603. The molecule has 0 rings (SSSR count). The van der Waals surface area contributed by atoms with E-state index >= 15 is 0 Å². The molecule has 0 amide bonds. The van der Waals surface area contributed by atoms with E-state index in [4.69, 9.17) is 9.90 Å². The highest BCUT2D eigenvalue weighted by Crippen LogP contribution is 1.50. The Kier molecular flexibility index (Phi) is 17.7. The monoisotopic (exact) mass is 176 g/mol. The van der Waals surface area contributed by atoms with Gasteiger partial charge in [0.25, 0.3) is 5.97 Å². The van der Waals surface area contributed by atoms with Gasteiger partial charge in [0.1, 0.15) is 11.6 Å². The molecule has 0 aromatic rings. The van der Waals surface area contributed by atoms with Crippen molar-refractivity contribution in [1.82, 2.24) is 0 Å². The van der Waals surface area contributed by atoms with Crippen LogP contribution < -0.4 is 0 Å². The number of ketones is 2. The molecule has 0 radical (unpaired) electrons. The molecule has 0 aliphatic carbocycles. The summed E-state index contributed by atoms with van der Waals surface area (Å²) >= 11 is 0. The fraction of sp³-hybridized carbons (Fsp3) is 0.625. The number of hydrogen-bond acceptors (Lipinski definition) is 3. The molecule has 0 bridgehead atoms. The predicted molar refractivity (Wildman–Crippen MR) is 46.0 cm³/mol. The lowest BCUT2D eigenvalue weighted by Gasteiger charge is -1.59. The zero-order chi connectivity index (χ0) is 10.7. The minimum atomic E-state index is -0.833. The van der Waals surface area contributed by atoms with Gasteiger partial charge in [0, 0.05) is 6.92 Å². The van der Waals surface area contributed by atoms with E-state index in [0.717, 1.165) is 6.92 Å². The minimum Gasteiger partial charge on any atom is -0.481 e. The van der Waals surface area contributed by atoms with Gasteiger partial charge >= 0.3 is 0 Å². The van der Waals surface area contributed by atoms with Crippen LogP contribution in [0.2, 0.25) is 0 Å². The summed E-state index contributed by atoms with van der Waals surface area (Å²) in [5.41, 5.74) is 0. The van der Waals surface area contributed by atoms with Crippen LogP contribution in [0.25, 0.3) is 0 Å². The number of aliphatic carboxylic acids is 1. The Balaban J connectivity index is -0.000000101. The van der Waals surface area contributed by atoms with Crippen molar-refractivity contribution in [2.75, 3.05) is 0 Å². The first-order valence-corrected chi connectivity index (χ1v) is 3.34. The third-order valence-electron chi connectivity index (χ3n) is 0. The number of carbonyl (C=O) groups excluding carboxylic acids is 2. The first-order chi connectivity index (χ1) is 5.20. The van der Waals surface area contributed by atoms with E-state index in [0.29, 0.717) is 0 Å². The summed E-state index contributed by atoms with van der Waals surface area (Å²) in [7, 11) is 0. The Morgan fingerprint density at radius 2 is 0.750 bits per heavy atom. The van der Waals surface area contributed by atoms with Gasteiger partial charge < -0.3 is 14.7 Å². The highest BCUT2D eigenvalue weighted by Gasteiger charge is 1.65. The second-order valence-corrected chi connectivity index (χ2v) is 2.34. The summed E-state index contributed by atoms with van der Waals surface area (Å²) in [4.78, 5) is 27.9. The number of carboxylic acid groups (broad SMARTS) is 1. The van der Waals surface area contributed by atoms with E-state index in [1.54, 1.807) is 0 Å². The Bertz CT molecular complexity index is 109. The van der Waals surface area contributed by atoms with Crippen LogP contribution in [0.15, 0.2) is 0 Å². The summed E-state index contributed by atoms with van der Waals surface area (Å²) in [6, 6.07) is 0. The number of rotatable bonds is 0. The first kappa shape index (κ1) is 17.1. The van der Waals surface area contributed by atoms with Crippen molar-refractivity contribution in [3.8, 4) is 0 Å². The van der Waals surface area contributed by atoms with Crippen LogP contribution in [0.3, 0.4) is 0 Å². The fourth-order valence-electron chi connectivity index (χ4n) is 0. The molecule has 12 heavy (non-hydrogen) atoms. The van der Waals surface area contributed by atoms with Crippen molar-refractivity contribution in [1.29, 1.82) is 0 Å². The molecule has 72 valence electrons. The third kappa shape index (κ3) is 379. The summed E-state index contributed by atoms with van der Waals surface area (Å²) in [5.74, 6) is -0.500. The summed E-state index contributed by atoms with van der Waals surface area (Å²) < 4.78 is 0. The molecule has 0 saturated heterocycles. The molecule has 1 N–H and O–H groups in total. The van der Waals surface area contributed by atoms with Crippen LogP contribution in [0.4, 0.5) is 0 Å². The number of hydrogen-bond donors (Lipinski definition) is 1. The molecule has 0 aromatic carbocycles. The normalized spacial score (nSPS) is 6.42. The highest BCUT2D eigenvalue weighted by atomic mass is 16.4. The second-order valence-electron chi connectivity index (χ2n) is 2.34. The minimum absolute atomic E-state index is 0.167. The maximum Gasteiger partial charge on any atom is 0.300 e. The molecule has 0 heterocycles. The predicted octanol–water partition coefficient (Wildman–Crippen LogP) is 1.28. The number of carboxylic acids is 1. The van der Waals surface area contributed by atoms with Gasteiger partial charge in [-0.05, 0) is 27.7 Å². The van der Waals surface area contributed by atoms with Crippen LogP contribution in [-0.4, -0.2) is 22.6 Å². The van der Waals surface area contributed by atoms with Crippen LogP contribution >= 0.6 is 0 Å². The van der Waals surface area contributed by atoms with Crippen molar-refractivity contribution in [2.45, 2.75) is 34.6 Å². The SMILES string of the molecule is CC(=O)O.CC(C)=O.CC(C)=O. The Morgan fingerprint density at radius 1 is 0.750 bits per heavy atom. The van der Waals surface area contributed by atoms with Gasteiger partial charge in [-0.2, -0.15) is 0 Å². The highest BCUT2D eigenvalue weighted by molar-refractivity contribution is 5.72. The topological polar surface area (TPSA) is 71.4 Å². The molecule has 4 nitrogen and oxygen atoms in total. The van der Waals surface area contributed by atoms with Gasteiger partial charge in [-0.3, -0.25) is 4.79 Å². The average Bonchev–Trinajstić information content (AvgIpc) is 1.54. The Labute approximate surface area is 72.6 Å². The van der Waals surface area contributed by atoms with E-state index < -0.39 is 5.97 Å². The van der Waals surface area contributed by atoms with Gasteiger partial charge in [0.15, 0.2) is 0 Å². The molecule has 0 unspecified atom stereocenters. The van der Waals surface area contributed by atoms with E-state index in [9.17, 15) is 9.59 Å². The summed E-state index contributed by atoms with van der Waals surface area (Å²) in [6.45, 7) is 7.19. The van der Waals surface area contributed by atoms with Gasteiger partial charge in [0.2, 0.25) is 0 Å². The first-order valence-electron chi connectivity index (χ1n) is 3.34. The lowest BCUT2D eigenvalue weighted by molar-refractivity contribution is -0.134. The van der Waals surface area contributed by atoms with Gasteiger partial charge in [-0.15, -0.1) is 0 Å². The molecule has 0 saturated carbocycles. The smallest absolute Gasteiger partial charge is 0.300 e. The molecule has 0 spiro atoms. The molecule has 0 aromatic heterocycles. The standard InChI is InChI=1S/2C3H6O.C2H4O2/c2*1-3(2)4;1-2(3)4/h2*1-2H3;1H3,(H,3,4). The number of Topliss-reactive ketones (excluding diaryl/α,β-unsaturated/α-hetero) is 2. The Hall–Kier alpha value is -1.19. The second kappa shape index (κ2) is 12.5. The molecule has 0 aliphatic heterocycles. The Morgan fingerprint density at radius 3 is 0.750 bits per heavy atom. The van der Waals surface area contributed by atoms with Crippen LogP contribution in [0.5, 0.6) is 0 Å². The molecule has 0 fully saturated rings. The molecule has 0 atom stereocenters. The van der Waals surface area contributed by atoms with E-state index in [1.807, 2.05) is 0 Å². The van der Waals surface area contributed by atoms with Crippen molar-refractivity contribution in [2.24, 2.45) is 0 Å². The van der Waals surface area contributed by atoms with Crippen molar-refractivity contribution >= 4 is 17.5 Å². The zero-order valence-electron chi connectivity index (χ0n) is 8.17. The van der Waals surface area contributed by atoms with Gasteiger partial charge in [-0.1, -0.05) is 0 Å². The maximum atomic E-state index is 9.44. The van der Waals surface area contributed by atoms with E-state index in [1.165, 1.54) is 27.7 Å². The lowest BCUT2D eigenvalue weighted by Crippen LogP contribution is -1.78. The van der Waals surface area contributed by atoms with Crippen LogP contribution in [0, 0.1) is 0 Å². The average molecular weight is 176 g/mol. The zero-order valence-corrected chi connectivity index (χ0v) is 8.17. The number of carbonyl (C=O) groups is 3.